The van der Waals surface area contributed by atoms with Crippen molar-refractivity contribution in [3.63, 3.8) is 0 Å². The highest BCUT2D eigenvalue weighted by atomic mass is 35.5. The van der Waals surface area contributed by atoms with E-state index >= 15 is 0 Å². The summed E-state index contributed by atoms with van der Waals surface area (Å²) in [5.74, 6) is 0.535. The van der Waals surface area contributed by atoms with Crippen LogP contribution in [0.25, 0.3) is 0 Å². The molecule has 0 saturated carbocycles. The highest BCUT2D eigenvalue weighted by molar-refractivity contribution is 7.81. The van der Waals surface area contributed by atoms with Gasteiger partial charge in [0.05, 0.1) is 18.6 Å². The summed E-state index contributed by atoms with van der Waals surface area (Å²) in [6.07, 6.45) is 0. The van der Waals surface area contributed by atoms with Crippen LogP contribution in [0.1, 0.15) is 11.1 Å². The van der Waals surface area contributed by atoms with Gasteiger partial charge in [-0.3, -0.25) is 4.79 Å². The van der Waals surface area contributed by atoms with E-state index in [-0.39, 0.29) is 11.7 Å². The number of carbonyl (C=O) groups excluding carboxylic acids is 1. The summed E-state index contributed by atoms with van der Waals surface area (Å²) in [5, 5.41) is 3.36. The van der Waals surface area contributed by atoms with Gasteiger partial charge in [-0.15, -0.1) is 0 Å². The van der Waals surface area contributed by atoms with Crippen molar-refractivity contribution in [3.8, 4) is 5.75 Å². The van der Waals surface area contributed by atoms with E-state index < -0.39 is 0 Å². The van der Waals surface area contributed by atoms with Crippen molar-refractivity contribution in [2.75, 3.05) is 18.2 Å². The molecule has 3 nitrogen and oxygen atoms in total. The molecule has 88 valence electrons. The number of thiol groups is 1. The van der Waals surface area contributed by atoms with Gasteiger partial charge < -0.3 is 10.1 Å². The van der Waals surface area contributed by atoms with Gasteiger partial charge >= 0.3 is 0 Å². The van der Waals surface area contributed by atoms with E-state index in [1.54, 1.807) is 13.2 Å². The summed E-state index contributed by atoms with van der Waals surface area (Å²) in [4.78, 5) is 11.3. The van der Waals surface area contributed by atoms with Gasteiger partial charge in [-0.25, -0.2) is 0 Å². The molecule has 1 aromatic carbocycles. The molecule has 0 unspecified atom stereocenters. The summed E-state index contributed by atoms with van der Waals surface area (Å²) in [7, 11) is 1.55. The van der Waals surface area contributed by atoms with Gasteiger partial charge in [-0.2, -0.15) is 12.6 Å². The fourth-order valence-electron chi connectivity index (χ4n) is 1.42. The molecule has 1 N–H and O–H groups in total. The second kappa shape index (κ2) is 5.46. The van der Waals surface area contributed by atoms with Gasteiger partial charge in [0.1, 0.15) is 5.75 Å². The number of nitrogens with one attached hydrogen (secondary N) is 1. The lowest BCUT2D eigenvalue weighted by Gasteiger charge is -2.15. The number of anilines is 1. The molecule has 1 rings (SSSR count). The molecule has 0 aliphatic heterocycles. The number of rotatable bonds is 3. The van der Waals surface area contributed by atoms with Crippen LogP contribution in [0.2, 0.25) is 5.02 Å². The number of halogens is 1. The van der Waals surface area contributed by atoms with Crippen LogP contribution in [-0.4, -0.2) is 18.8 Å². The minimum Gasteiger partial charge on any atom is -0.495 e. The summed E-state index contributed by atoms with van der Waals surface area (Å²) in [5.41, 5.74) is 2.32. The zero-order chi connectivity index (χ0) is 12.3. The predicted molar refractivity (Wildman–Crippen MR) is 70.0 cm³/mol. The topological polar surface area (TPSA) is 38.3 Å². The Hall–Kier alpha value is -0.870. The molecular formula is C11H14ClNO2S. The highest BCUT2D eigenvalue weighted by Crippen LogP contribution is 2.35. The molecule has 0 radical (unpaired) electrons. The number of ether oxygens (including phenoxy) is 1. The first kappa shape index (κ1) is 13.2. The van der Waals surface area contributed by atoms with Crippen LogP contribution in [0.4, 0.5) is 5.69 Å². The molecule has 0 heterocycles. The third kappa shape index (κ3) is 2.62. The molecule has 0 saturated heterocycles. The fourth-order valence-corrected chi connectivity index (χ4v) is 1.65. The number of amides is 1. The van der Waals surface area contributed by atoms with Crippen molar-refractivity contribution in [2.45, 2.75) is 13.8 Å². The monoisotopic (exact) mass is 259 g/mol. The number of methoxy groups -OCH3 is 1. The minimum atomic E-state index is -0.190. The molecule has 1 amide bonds. The SMILES string of the molecule is COc1cc(C)c(Cl)c(C)c1NC(=O)CS. The molecule has 0 aliphatic rings. The smallest absolute Gasteiger partial charge is 0.234 e. The van der Waals surface area contributed by atoms with E-state index in [0.29, 0.717) is 16.5 Å². The predicted octanol–water partition coefficient (Wildman–Crippen LogP) is 2.83. The molecule has 5 heteroatoms. The van der Waals surface area contributed by atoms with Crippen LogP contribution in [0, 0.1) is 13.8 Å². The Bertz CT molecular complexity index is 421. The summed E-state index contributed by atoms with van der Waals surface area (Å²) >= 11 is 10.0. The largest absolute Gasteiger partial charge is 0.495 e. The lowest BCUT2D eigenvalue weighted by molar-refractivity contribution is -0.113. The molecule has 0 atom stereocenters. The Balaban J connectivity index is 3.24. The second-order valence-electron chi connectivity index (χ2n) is 3.42. The van der Waals surface area contributed by atoms with Gasteiger partial charge in [-0.1, -0.05) is 11.6 Å². The number of aryl methyl sites for hydroxylation is 1. The lowest BCUT2D eigenvalue weighted by atomic mass is 10.1. The van der Waals surface area contributed by atoms with Crippen LogP contribution in [0.3, 0.4) is 0 Å². The van der Waals surface area contributed by atoms with Crippen LogP contribution < -0.4 is 10.1 Å². The molecule has 0 aromatic heterocycles. The average Bonchev–Trinajstić information content (AvgIpc) is 2.29. The van der Waals surface area contributed by atoms with Crippen molar-refractivity contribution in [1.82, 2.24) is 0 Å². The maximum Gasteiger partial charge on any atom is 0.234 e. The van der Waals surface area contributed by atoms with Crippen molar-refractivity contribution in [3.05, 3.63) is 22.2 Å². The number of hydrogen-bond acceptors (Lipinski definition) is 3. The normalized spacial score (nSPS) is 10.1. The quantitative estimate of drug-likeness (QED) is 0.820. The van der Waals surface area contributed by atoms with E-state index in [1.807, 2.05) is 13.8 Å². The Labute approximate surface area is 106 Å². The summed E-state index contributed by atoms with van der Waals surface area (Å²) in [6.45, 7) is 3.73. The van der Waals surface area contributed by atoms with Crippen LogP contribution in [0.15, 0.2) is 6.07 Å². The minimum absolute atomic E-state index is 0.119. The number of carbonyl (C=O) groups is 1. The molecule has 0 bridgehead atoms. The average molecular weight is 260 g/mol. The Kier molecular flexibility index (Phi) is 4.50. The van der Waals surface area contributed by atoms with Crippen molar-refractivity contribution in [2.24, 2.45) is 0 Å². The molecule has 0 aliphatic carbocycles. The number of hydrogen-bond donors (Lipinski definition) is 2. The lowest BCUT2D eigenvalue weighted by Crippen LogP contribution is -2.14. The summed E-state index contributed by atoms with van der Waals surface area (Å²) in [6, 6.07) is 1.80. The van der Waals surface area contributed by atoms with Crippen molar-refractivity contribution < 1.29 is 9.53 Å². The van der Waals surface area contributed by atoms with E-state index in [0.717, 1.165) is 11.1 Å². The van der Waals surface area contributed by atoms with Crippen molar-refractivity contribution >= 4 is 35.8 Å². The third-order valence-corrected chi connectivity index (χ3v) is 3.14. The van der Waals surface area contributed by atoms with Gasteiger partial charge in [0, 0.05) is 5.02 Å². The first-order valence-corrected chi connectivity index (χ1v) is 5.76. The third-order valence-electron chi connectivity index (χ3n) is 2.27. The standard InChI is InChI=1S/C11H14ClNO2S/c1-6-4-8(15-3)11(7(2)10(6)12)13-9(14)5-16/h4,16H,5H2,1-3H3,(H,13,14). The van der Waals surface area contributed by atoms with Gasteiger partial charge in [0.25, 0.3) is 0 Å². The zero-order valence-corrected chi connectivity index (χ0v) is 11.1. The molecular weight excluding hydrogens is 246 g/mol. The van der Waals surface area contributed by atoms with E-state index in [4.69, 9.17) is 16.3 Å². The molecule has 16 heavy (non-hydrogen) atoms. The van der Waals surface area contributed by atoms with E-state index in [1.165, 1.54) is 0 Å². The first-order chi connectivity index (χ1) is 7.51. The van der Waals surface area contributed by atoms with Crippen LogP contribution in [-0.2, 0) is 4.79 Å². The first-order valence-electron chi connectivity index (χ1n) is 4.75. The van der Waals surface area contributed by atoms with Gasteiger partial charge in [-0.05, 0) is 31.0 Å². The Morgan fingerprint density at radius 3 is 2.69 bits per heavy atom. The van der Waals surface area contributed by atoms with Crippen LogP contribution in [0.5, 0.6) is 5.75 Å². The van der Waals surface area contributed by atoms with Gasteiger partial charge in [0.15, 0.2) is 0 Å². The van der Waals surface area contributed by atoms with E-state index in [9.17, 15) is 4.79 Å². The Morgan fingerprint density at radius 2 is 2.19 bits per heavy atom. The van der Waals surface area contributed by atoms with E-state index in [2.05, 4.69) is 17.9 Å². The van der Waals surface area contributed by atoms with Gasteiger partial charge in [0.2, 0.25) is 5.91 Å². The Morgan fingerprint density at radius 1 is 1.56 bits per heavy atom. The maximum absolute atomic E-state index is 11.3. The zero-order valence-electron chi connectivity index (χ0n) is 9.43. The molecule has 0 spiro atoms. The maximum atomic E-state index is 11.3. The fraction of sp³-hybridized carbons (Fsp3) is 0.364. The summed E-state index contributed by atoms with van der Waals surface area (Å²) < 4.78 is 5.21. The number of benzene rings is 1. The molecule has 0 fully saturated rings. The van der Waals surface area contributed by atoms with Crippen molar-refractivity contribution in [1.29, 1.82) is 0 Å². The second-order valence-corrected chi connectivity index (χ2v) is 4.11. The molecule has 1 aromatic rings. The van der Waals surface area contributed by atoms with Crippen LogP contribution >= 0.6 is 24.2 Å². The highest BCUT2D eigenvalue weighted by Gasteiger charge is 2.14.